The van der Waals surface area contributed by atoms with E-state index in [0.717, 1.165) is 34.3 Å². The summed E-state index contributed by atoms with van der Waals surface area (Å²) in [6.45, 7) is 4.16. The number of nitrogens with one attached hydrogen (secondary N) is 2. The van der Waals surface area contributed by atoms with Crippen molar-refractivity contribution in [2.24, 2.45) is 7.05 Å². The smallest absolute Gasteiger partial charge is 0.293 e. The zero-order valence-electron chi connectivity index (χ0n) is 20.2. The molecule has 1 amide bonds. The lowest BCUT2D eigenvalue weighted by Crippen LogP contribution is -2.22. The molecule has 2 N–H and O–H groups in total. The molecule has 2 aromatic carbocycles. The van der Waals surface area contributed by atoms with Crippen LogP contribution in [0.15, 0.2) is 54.7 Å². The van der Waals surface area contributed by atoms with Crippen molar-refractivity contribution in [1.29, 1.82) is 0 Å². The molecule has 1 aliphatic carbocycles. The van der Waals surface area contributed by atoms with Crippen LogP contribution >= 0.6 is 23.2 Å². The summed E-state index contributed by atoms with van der Waals surface area (Å²) in [4.78, 5) is 25.4. The predicted molar refractivity (Wildman–Crippen MR) is 140 cm³/mol. The first-order valence-electron chi connectivity index (χ1n) is 11.3. The molecule has 10 heteroatoms. The molecular formula is C26H25Cl2N5O3. The summed E-state index contributed by atoms with van der Waals surface area (Å²) >= 11 is 12.9. The van der Waals surface area contributed by atoms with E-state index >= 15 is 0 Å². The first-order valence-corrected chi connectivity index (χ1v) is 12.1. The SMILES string of the molecule is CONC(=O)c1cc(Oc2ccc3c(c2)nc(Nc2ccc(C)c(C4(C)CC4(Cl)Cl)c2)n3C)ccn1. The minimum Gasteiger partial charge on any atom is -0.457 e. The fourth-order valence-corrected chi connectivity index (χ4v) is 5.09. The molecule has 8 nitrogen and oxygen atoms in total. The van der Waals surface area contributed by atoms with Gasteiger partial charge in [0.25, 0.3) is 5.91 Å². The minimum absolute atomic E-state index is 0.179. The molecule has 186 valence electrons. The molecule has 0 spiro atoms. The fourth-order valence-electron chi connectivity index (χ4n) is 4.35. The Kier molecular flexibility index (Phi) is 6.06. The lowest BCUT2D eigenvalue weighted by molar-refractivity contribution is 0.0532. The maximum absolute atomic E-state index is 12.0. The Balaban J connectivity index is 1.39. The molecule has 5 rings (SSSR count). The third-order valence-electron chi connectivity index (χ3n) is 6.59. The molecule has 4 aromatic rings. The van der Waals surface area contributed by atoms with Crippen molar-refractivity contribution in [3.8, 4) is 11.5 Å². The van der Waals surface area contributed by atoms with Crippen LogP contribution in [0.3, 0.4) is 0 Å². The zero-order chi connectivity index (χ0) is 25.7. The van der Waals surface area contributed by atoms with Gasteiger partial charge >= 0.3 is 0 Å². The van der Waals surface area contributed by atoms with Gasteiger partial charge in [-0.05, 0) is 54.8 Å². The van der Waals surface area contributed by atoms with Crippen molar-refractivity contribution < 1.29 is 14.4 Å². The Morgan fingerprint density at radius 2 is 1.86 bits per heavy atom. The van der Waals surface area contributed by atoms with Crippen molar-refractivity contribution in [3.05, 3.63) is 71.5 Å². The molecule has 1 saturated carbocycles. The van der Waals surface area contributed by atoms with E-state index in [0.29, 0.717) is 17.4 Å². The third kappa shape index (κ3) is 4.36. The molecule has 0 saturated heterocycles. The van der Waals surface area contributed by atoms with Crippen LogP contribution in [-0.4, -0.2) is 31.9 Å². The maximum Gasteiger partial charge on any atom is 0.293 e. The monoisotopic (exact) mass is 525 g/mol. The third-order valence-corrected chi connectivity index (χ3v) is 7.69. The van der Waals surface area contributed by atoms with E-state index in [1.807, 2.05) is 35.9 Å². The second-order valence-corrected chi connectivity index (χ2v) is 10.6. The summed E-state index contributed by atoms with van der Waals surface area (Å²) in [6.07, 6.45) is 2.22. The van der Waals surface area contributed by atoms with E-state index in [1.54, 1.807) is 6.07 Å². The number of aromatic nitrogens is 3. The molecule has 0 radical (unpaired) electrons. The number of hydrogen-bond donors (Lipinski definition) is 2. The molecule has 2 aromatic heterocycles. The first kappa shape index (κ1) is 24.4. The number of pyridine rings is 1. The Bertz CT molecular complexity index is 1490. The van der Waals surface area contributed by atoms with E-state index in [4.69, 9.17) is 32.9 Å². The number of alkyl halides is 2. The summed E-state index contributed by atoms with van der Waals surface area (Å²) in [7, 11) is 3.31. The second kappa shape index (κ2) is 8.96. The Labute approximate surface area is 218 Å². The predicted octanol–water partition coefficient (Wildman–Crippen LogP) is 5.94. The van der Waals surface area contributed by atoms with Gasteiger partial charge in [0, 0.05) is 36.5 Å². The fraction of sp³-hybridized carbons (Fsp3) is 0.269. The van der Waals surface area contributed by atoms with Crippen molar-refractivity contribution in [2.45, 2.75) is 30.0 Å². The molecule has 0 aliphatic heterocycles. The molecular weight excluding hydrogens is 501 g/mol. The summed E-state index contributed by atoms with van der Waals surface area (Å²) in [5.41, 5.74) is 7.02. The minimum atomic E-state index is -0.742. The van der Waals surface area contributed by atoms with E-state index < -0.39 is 10.2 Å². The summed E-state index contributed by atoms with van der Waals surface area (Å²) in [6, 6.07) is 15.0. The molecule has 2 heterocycles. The van der Waals surface area contributed by atoms with Crippen LogP contribution in [0.2, 0.25) is 0 Å². The zero-order valence-corrected chi connectivity index (χ0v) is 21.7. The number of hydrogen-bond acceptors (Lipinski definition) is 6. The van der Waals surface area contributed by atoms with Gasteiger partial charge in [-0.1, -0.05) is 13.0 Å². The van der Waals surface area contributed by atoms with Gasteiger partial charge < -0.3 is 14.6 Å². The van der Waals surface area contributed by atoms with Gasteiger partial charge in [0.05, 0.1) is 18.1 Å². The van der Waals surface area contributed by atoms with E-state index in [1.165, 1.54) is 19.4 Å². The lowest BCUT2D eigenvalue weighted by atomic mass is 9.93. The molecule has 0 bridgehead atoms. The lowest BCUT2D eigenvalue weighted by Gasteiger charge is -2.17. The number of carbonyl (C=O) groups excluding carboxylic acids is 1. The van der Waals surface area contributed by atoms with Crippen molar-refractivity contribution in [1.82, 2.24) is 20.0 Å². The van der Waals surface area contributed by atoms with Gasteiger partial charge in [-0.25, -0.2) is 10.5 Å². The number of benzene rings is 2. The normalized spacial score (nSPS) is 18.2. The summed E-state index contributed by atoms with van der Waals surface area (Å²) in [5, 5.41) is 3.42. The highest BCUT2D eigenvalue weighted by Gasteiger charge is 2.64. The Morgan fingerprint density at radius 3 is 2.58 bits per heavy atom. The highest BCUT2D eigenvalue weighted by molar-refractivity contribution is 6.52. The van der Waals surface area contributed by atoms with Crippen molar-refractivity contribution in [3.63, 3.8) is 0 Å². The highest BCUT2D eigenvalue weighted by Crippen LogP contribution is 2.65. The topological polar surface area (TPSA) is 90.3 Å². The molecule has 1 aliphatic rings. The van der Waals surface area contributed by atoms with Crippen LogP contribution in [0, 0.1) is 6.92 Å². The Hall–Kier alpha value is -3.33. The number of amides is 1. The summed E-state index contributed by atoms with van der Waals surface area (Å²) in [5.74, 6) is 1.27. The number of halogens is 2. The molecule has 1 fully saturated rings. The average molecular weight is 526 g/mol. The van der Waals surface area contributed by atoms with E-state index in [9.17, 15) is 4.79 Å². The van der Waals surface area contributed by atoms with Gasteiger partial charge in [0.2, 0.25) is 5.95 Å². The van der Waals surface area contributed by atoms with Crippen LogP contribution in [0.25, 0.3) is 11.0 Å². The number of aryl methyl sites for hydroxylation is 2. The number of carbonyl (C=O) groups is 1. The van der Waals surface area contributed by atoms with Gasteiger partial charge in [0.15, 0.2) is 0 Å². The van der Waals surface area contributed by atoms with Gasteiger partial charge in [-0.15, -0.1) is 23.2 Å². The Morgan fingerprint density at radius 1 is 1.11 bits per heavy atom. The number of fused-ring (bicyclic) bond motifs is 1. The van der Waals surface area contributed by atoms with Gasteiger partial charge in [-0.3, -0.25) is 14.6 Å². The quantitative estimate of drug-likeness (QED) is 0.229. The van der Waals surface area contributed by atoms with Crippen LogP contribution in [0.4, 0.5) is 11.6 Å². The number of anilines is 2. The van der Waals surface area contributed by atoms with Crippen LogP contribution < -0.4 is 15.5 Å². The number of ether oxygens (including phenoxy) is 1. The van der Waals surface area contributed by atoms with Crippen LogP contribution in [0.1, 0.15) is 35.0 Å². The number of imidazole rings is 1. The van der Waals surface area contributed by atoms with Crippen LogP contribution in [0.5, 0.6) is 11.5 Å². The van der Waals surface area contributed by atoms with Crippen molar-refractivity contribution in [2.75, 3.05) is 12.4 Å². The number of rotatable bonds is 7. The maximum atomic E-state index is 12.0. The largest absolute Gasteiger partial charge is 0.457 e. The highest BCUT2D eigenvalue weighted by atomic mass is 35.5. The second-order valence-electron chi connectivity index (χ2n) is 9.13. The van der Waals surface area contributed by atoms with Crippen molar-refractivity contribution >= 4 is 51.8 Å². The van der Waals surface area contributed by atoms with Gasteiger partial charge in [-0.2, -0.15) is 0 Å². The van der Waals surface area contributed by atoms with E-state index in [-0.39, 0.29) is 11.1 Å². The number of hydroxylamine groups is 1. The van der Waals surface area contributed by atoms with Crippen LogP contribution in [-0.2, 0) is 17.3 Å². The first-order chi connectivity index (χ1) is 17.1. The average Bonchev–Trinajstić information content (AvgIpc) is 3.22. The molecule has 36 heavy (non-hydrogen) atoms. The summed E-state index contributed by atoms with van der Waals surface area (Å²) < 4.78 is 7.19. The standard InChI is InChI=1S/C26H25Cl2N5O3/c1-15-5-6-16(11-19(15)25(2)14-26(25,27)28)30-24-31-20-12-17(7-8-22(20)33(24)3)36-18-9-10-29-21(13-18)23(34)32-35-4/h5-13H,14H2,1-4H3,(H,30,31)(H,32,34). The molecule has 1 atom stereocenters. The molecule has 1 unspecified atom stereocenters. The van der Waals surface area contributed by atoms with E-state index in [2.05, 4.69) is 46.6 Å². The number of nitrogens with zero attached hydrogens (tertiary/aromatic N) is 3. The van der Waals surface area contributed by atoms with Gasteiger partial charge in [0.1, 0.15) is 21.5 Å².